The Bertz CT molecular complexity index is 596. The van der Waals surface area contributed by atoms with Crippen molar-refractivity contribution in [3.8, 4) is 5.75 Å². The van der Waals surface area contributed by atoms with Gasteiger partial charge in [0, 0.05) is 31.8 Å². The van der Waals surface area contributed by atoms with Gasteiger partial charge in [-0.3, -0.25) is 0 Å². The molecule has 0 bridgehead atoms. The first-order valence-electron chi connectivity index (χ1n) is 8.82. The van der Waals surface area contributed by atoms with Gasteiger partial charge in [-0.05, 0) is 57.4 Å². The average molecular weight is 350 g/mol. The number of aliphatic hydroxyl groups is 1. The quantitative estimate of drug-likeness (QED) is 0.771. The number of carbonyl (C=O) groups excluding carboxylic acids is 1. The number of hydrogen-bond acceptors (Lipinski definition) is 5. The number of ether oxygens (including phenoxy) is 2. The number of methoxy groups -OCH3 is 1. The highest BCUT2D eigenvalue weighted by molar-refractivity contribution is 5.68. The van der Waals surface area contributed by atoms with Crippen LogP contribution in [0.1, 0.15) is 43.9 Å². The van der Waals surface area contributed by atoms with Gasteiger partial charge in [0.1, 0.15) is 11.4 Å². The molecule has 0 fully saturated rings. The van der Waals surface area contributed by atoms with Crippen molar-refractivity contribution in [1.82, 2.24) is 10.2 Å². The van der Waals surface area contributed by atoms with E-state index in [-0.39, 0.29) is 12.7 Å². The minimum atomic E-state index is -0.487. The standard InChI is InChI=1S/C19H30N2O4/c1-19(2,3)25-18(23)21-8-6-14-10-15(12-20-7-5-9-22)17(24-4)11-16(14)13-21/h10-11,20,22H,5-9,12-13H2,1-4H3. The van der Waals surface area contributed by atoms with Gasteiger partial charge in [0.15, 0.2) is 0 Å². The highest BCUT2D eigenvalue weighted by Crippen LogP contribution is 2.28. The van der Waals surface area contributed by atoms with E-state index < -0.39 is 5.60 Å². The second-order valence-corrected chi connectivity index (χ2v) is 7.34. The van der Waals surface area contributed by atoms with Gasteiger partial charge in [-0.15, -0.1) is 0 Å². The highest BCUT2D eigenvalue weighted by Gasteiger charge is 2.26. The van der Waals surface area contributed by atoms with Crippen molar-refractivity contribution in [2.75, 3.05) is 26.8 Å². The first-order valence-corrected chi connectivity index (χ1v) is 8.82. The summed E-state index contributed by atoms with van der Waals surface area (Å²) in [6.45, 7) is 8.49. The fourth-order valence-corrected chi connectivity index (χ4v) is 2.88. The summed E-state index contributed by atoms with van der Waals surface area (Å²) in [4.78, 5) is 14.0. The maximum atomic E-state index is 12.3. The Hall–Kier alpha value is -1.79. The van der Waals surface area contributed by atoms with Crippen LogP contribution < -0.4 is 10.1 Å². The summed E-state index contributed by atoms with van der Waals surface area (Å²) in [5.41, 5.74) is 2.97. The van der Waals surface area contributed by atoms with Crippen molar-refractivity contribution in [1.29, 1.82) is 0 Å². The molecule has 0 spiro atoms. The lowest BCUT2D eigenvalue weighted by Gasteiger charge is -2.31. The largest absolute Gasteiger partial charge is 0.496 e. The molecule has 6 heteroatoms. The van der Waals surface area contributed by atoms with E-state index in [0.29, 0.717) is 19.6 Å². The van der Waals surface area contributed by atoms with Gasteiger partial charge >= 0.3 is 6.09 Å². The zero-order valence-corrected chi connectivity index (χ0v) is 15.7. The number of nitrogens with zero attached hydrogens (tertiary/aromatic N) is 1. The van der Waals surface area contributed by atoms with E-state index in [0.717, 1.165) is 36.3 Å². The van der Waals surface area contributed by atoms with Gasteiger partial charge in [-0.25, -0.2) is 4.79 Å². The summed E-state index contributed by atoms with van der Waals surface area (Å²) in [5, 5.41) is 12.2. The monoisotopic (exact) mass is 350 g/mol. The Morgan fingerprint density at radius 3 is 2.72 bits per heavy atom. The van der Waals surface area contributed by atoms with Crippen LogP contribution in [0.4, 0.5) is 4.79 Å². The predicted molar refractivity (Wildman–Crippen MR) is 96.8 cm³/mol. The highest BCUT2D eigenvalue weighted by atomic mass is 16.6. The third-order valence-electron chi connectivity index (χ3n) is 4.09. The third kappa shape index (κ3) is 5.61. The fraction of sp³-hybridized carbons (Fsp3) is 0.632. The first kappa shape index (κ1) is 19.5. The summed E-state index contributed by atoms with van der Waals surface area (Å²) in [6.07, 6.45) is 1.27. The third-order valence-corrected chi connectivity index (χ3v) is 4.09. The van der Waals surface area contributed by atoms with Crippen molar-refractivity contribution >= 4 is 6.09 Å². The van der Waals surface area contributed by atoms with Gasteiger partial charge in [-0.2, -0.15) is 0 Å². The zero-order valence-electron chi connectivity index (χ0n) is 15.7. The van der Waals surface area contributed by atoms with Crippen LogP contribution in [-0.2, 0) is 24.2 Å². The zero-order chi connectivity index (χ0) is 18.4. The SMILES string of the molecule is COc1cc2c(cc1CNCCCO)CCN(C(=O)OC(C)(C)C)C2. The summed E-state index contributed by atoms with van der Waals surface area (Å²) in [5.74, 6) is 0.821. The number of benzene rings is 1. The van der Waals surface area contributed by atoms with E-state index in [4.69, 9.17) is 14.6 Å². The minimum absolute atomic E-state index is 0.189. The van der Waals surface area contributed by atoms with Crippen LogP contribution in [0, 0.1) is 0 Å². The van der Waals surface area contributed by atoms with Crippen molar-refractivity contribution in [3.63, 3.8) is 0 Å². The van der Waals surface area contributed by atoms with Crippen LogP contribution in [0.25, 0.3) is 0 Å². The smallest absolute Gasteiger partial charge is 0.410 e. The van der Waals surface area contributed by atoms with Gasteiger partial charge < -0.3 is 24.8 Å². The fourth-order valence-electron chi connectivity index (χ4n) is 2.88. The minimum Gasteiger partial charge on any atom is -0.496 e. The molecule has 0 radical (unpaired) electrons. The van der Waals surface area contributed by atoms with Crippen LogP contribution in [0.5, 0.6) is 5.75 Å². The van der Waals surface area contributed by atoms with Crippen LogP contribution in [0.15, 0.2) is 12.1 Å². The Kier molecular flexibility index (Phi) is 6.67. The lowest BCUT2D eigenvalue weighted by atomic mass is 9.96. The Labute approximate surface area is 150 Å². The van der Waals surface area contributed by atoms with Gasteiger partial charge in [0.05, 0.1) is 7.11 Å². The average Bonchev–Trinajstić information content (AvgIpc) is 2.56. The van der Waals surface area contributed by atoms with Gasteiger partial charge in [0.2, 0.25) is 0 Å². The normalized spacial score (nSPS) is 14.2. The number of amides is 1. The molecule has 6 nitrogen and oxygen atoms in total. The van der Waals surface area contributed by atoms with E-state index >= 15 is 0 Å². The van der Waals surface area contributed by atoms with E-state index in [1.54, 1.807) is 12.0 Å². The molecular weight excluding hydrogens is 320 g/mol. The number of fused-ring (bicyclic) bond motifs is 1. The van der Waals surface area contributed by atoms with E-state index in [9.17, 15) is 4.79 Å². The molecule has 1 aromatic carbocycles. The molecule has 1 heterocycles. The summed E-state index contributed by atoms with van der Waals surface area (Å²) >= 11 is 0. The Morgan fingerprint density at radius 1 is 1.32 bits per heavy atom. The summed E-state index contributed by atoms with van der Waals surface area (Å²) in [6, 6.07) is 4.18. The van der Waals surface area contributed by atoms with E-state index in [1.165, 1.54) is 5.56 Å². The first-order chi connectivity index (χ1) is 11.8. The molecule has 2 rings (SSSR count). The summed E-state index contributed by atoms with van der Waals surface area (Å²) < 4.78 is 11.0. The van der Waals surface area contributed by atoms with Gasteiger partial charge in [0.25, 0.3) is 0 Å². The maximum absolute atomic E-state index is 12.3. The van der Waals surface area contributed by atoms with Crippen LogP contribution in [0.2, 0.25) is 0 Å². The van der Waals surface area contributed by atoms with Crippen molar-refractivity contribution in [3.05, 3.63) is 28.8 Å². The van der Waals surface area contributed by atoms with Crippen LogP contribution in [-0.4, -0.2) is 48.5 Å². The van der Waals surface area contributed by atoms with Crippen molar-refractivity contribution in [2.45, 2.75) is 52.3 Å². The molecule has 140 valence electrons. The Morgan fingerprint density at radius 2 is 2.08 bits per heavy atom. The second-order valence-electron chi connectivity index (χ2n) is 7.34. The van der Waals surface area contributed by atoms with Crippen LogP contribution in [0.3, 0.4) is 0 Å². The van der Waals surface area contributed by atoms with E-state index in [1.807, 2.05) is 26.8 Å². The Balaban J connectivity index is 2.08. The van der Waals surface area contributed by atoms with Crippen LogP contribution >= 0.6 is 0 Å². The maximum Gasteiger partial charge on any atom is 0.410 e. The van der Waals surface area contributed by atoms with Crippen molar-refractivity contribution in [2.24, 2.45) is 0 Å². The lowest BCUT2D eigenvalue weighted by Crippen LogP contribution is -2.40. The molecule has 1 aromatic rings. The van der Waals surface area contributed by atoms with Gasteiger partial charge in [-0.1, -0.05) is 6.07 Å². The molecule has 0 atom stereocenters. The molecule has 25 heavy (non-hydrogen) atoms. The topological polar surface area (TPSA) is 71.0 Å². The molecule has 0 saturated heterocycles. The summed E-state index contributed by atoms with van der Waals surface area (Å²) in [7, 11) is 1.66. The predicted octanol–water partition coefficient (Wildman–Crippen LogP) is 2.46. The number of carbonyl (C=O) groups is 1. The molecule has 0 unspecified atom stereocenters. The second kappa shape index (κ2) is 8.54. The van der Waals surface area contributed by atoms with E-state index in [2.05, 4.69) is 11.4 Å². The number of rotatable bonds is 6. The lowest BCUT2D eigenvalue weighted by molar-refractivity contribution is 0.0223. The molecule has 1 aliphatic heterocycles. The number of hydrogen-bond donors (Lipinski definition) is 2. The van der Waals surface area contributed by atoms with Crippen molar-refractivity contribution < 1.29 is 19.4 Å². The number of aliphatic hydroxyl groups excluding tert-OH is 1. The molecular formula is C19H30N2O4. The molecule has 0 saturated carbocycles. The molecule has 1 aliphatic rings. The molecule has 2 N–H and O–H groups in total. The number of nitrogens with one attached hydrogen (secondary N) is 1. The molecule has 1 amide bonds. The molecule has 0 aromatic heterocycles. The molecule has 0 aliphatic carbocycles.